The fourth-order valence-corrected chi connectivity index (χ4v) is 3.58. The van der Waals surface area contributed by atoms with Crippen LogP contribution in [0.2, 0.25) is 0 Å². The number of carbonyl (C=O) groups is 2. The highest BCUT2D eigenvalue weighted by Crippen LogP contribution is 2.33. The van der Waals surface area contributed by atoms with Gasteiger partial charge in [0.15, 0.2) is 0 Å². The van der Waals surface area contributed by atoms with Crippen LogP contribution in [0.3, 0.4) is 0 Å². The topological polar surface area (TPSA) is 123 Å². The van der Waals surface area contributed by atoms with Gasteiger partial charge in [0.2, 0.25) is 0 Å². The Morgan fingerprint density at radius 2 is 2.13 bits per heavy atom. The van der Waals surface area contributed by atoms with Gasteiger partial charge in [0, 0.05) is 37.6 Å². The van der Waals surface area contributed by atoms with Crippen molar-refractivity contribution in [3.05, 3.63) is 36.7 Å². The van der Waals surface area contributed by atoms with Crippen LogP contribution in [0.5, 0.6) is 0 Å². The summed E-state index contributed by atoms with van der Waals surface area (Å²) in [4.78, 5) is 27.4. The number of alkyl halides is 3. The quantitative estimate of drug-likeness (QED) is 0.728. The number of imidazole rings is 1. The van der Waals surface area contributed by atoms with Crippen molar-refractivity contribution in [1.29, 1.82) is 0 Å². The van der Waals surface area contributed by atoms with Crippen LogP contribution in [0, 0.1) is 5.92 Å². The molecule has 13 heteroatoms. The van der Waals surface area contributed by atoms with Crippen molar-refractivity contribution >= 4 is 11.9 Å². The van der Waals surface area contributed by atoms with Gasteiger partial charge in [0.05, 0.1) is 32.7 Å². The zero-order valence-electron chi connectivity index (χ0n) is 16.4. The first-order valence-electron chi connectivity index (χ1n) is 9.45. The van der Waals surface area contributed by atoms with Crippen LogP contribution in [0.1, 0.15) is 16.9 Å². The van der Waals surface area contributed by atoms with Gasteiger partial charge >= 0.3 is 12.1 Å². The van der Waals surface area contributed by atoms with E-state index in [0.717, 1.165) is 13.0 Å². The van der Waals surface area contributed by atoms with Crippen molar-refractivity contribution < 1.29 is 37.3 Å². The number of carboxylic acid groups (broad SMARTS) is 1. The molecule has 2 N–H and O–H groups in total. The van der Waals surface area contributed by atoms with Gasteiger partial charge in [0.25, 0.3) is 5.91 Å². The van der Waals surface area contributed by atoms with E-state index in [4.69, 9.17) is 19.4 Å². The van der Waals surface area contributed by atoms with Crippen molar-refractivity contribution in [2.45, 2.75) is 24.7 Å². The van der Waals surface area contributed by atoms with Crippen LogP contribution < -0.4 is 0 Å². The minimum Gasteiger partial charge on any atom is -0.475 e. The maximum atomic E-state index is 12.6. The minimum atomic E-state index is -5.08. The third-order valence-electron chi connectivity index (χ3n) is 4.92. The molecule has 170 valence electrons. The van der Waals surface area contributed by atoms with Gasteiger partial charge in [-0.1, -0.05) is 0 Å². The van der Waals surface area contributed by atoms with E-state index in [1.165, 1.54) is 0 Å². The van der Waals surface area contributed by atoms with Crippen molar-refractivity contribution in [2.75, 3.05) is 32.9 Å². The van der Waals surface area contributed by atoms with E-state index in [1.807, 2.05) is 12.5 Å². The predicted molar refractivity (Wildman–Crippen MR) is 98.0 cm³/mol. The third kappa shape index (κ3) is 6.04. The van der Waals surface area contributed by atoms with Gasteiger partial charge in [0.1, 0.15) is 11.3 Å². The molecule has 2 aliphatic rings. The fraction of sp³-hybridized carbons (Fsp3) is 0.556. The van der Waals surface area contributed by atoms with Gasteiger partial charge in [-0.05, 0) is 12.5 Å². The number of aromatic amines is 1. The minimum absolute atomic E-state index is 0.0564. The summed E-state index contributed by atoms with van der Waals surface area (Å²) < 4.78 is 45.7. The molecule has 0 saturated carbocycles. The van der Waals surface area contributed by atoms with Gasteiger partial charge in [-0.3, -0.25) is 9.89 Å². The van der Waals surface area contributed by atoms with Gasteiger partial charge < -0.3 is 24.0 Å². The lowest BCUT2D eigenvalue weighted by molar-refractivity contribution is -0.192. The van der Waals surface area contributed by atoms with Gasteiger partial charge in [-0.25, -0.2) is 9.78 Å². The lowest BCUT2D eigenvalue weighted by Gasteiger charge is -2.31. The molecule has 2 aliphatic heterocycles. The highest BCUT2D eigenvalue weighted by molar-refractivity contribution is 5.92. The number of amides is 1. The molecule has 10 nitrogen and oxygen atoms in total. The molecule has 0 bridgehead atoms. The first-order valence-corrected chi connectivity index (χ1v) is 9.45. The van der Waals surface area contributed by atoms with E-state index in [2.05, 4.69) is 19.7 Å². The number of rotatable bonds is 3. The summed E-state index contributed by atoms with van der Waals surface area (Å²) in [5, 5.41) is 13.7. The molecule has 2 aromatic rings. The van der Waals surface area contributed by atoms with Crippen molar-refractivity contribution in [2.24, 2.45) is 5.92 Å². The largest absolute Gasteiger partial charge is 0.490 e. The second-order valence-corrected chi connectivity index (χ2v) is 7.38. The number of carbonyl (C=O) groups excluding carboxylic acids is 1. The van der Waals surface area contributed by atoms with E-state index in [0.29, 0.717) is 44.5 Å². The highest BCUT2D eigenvalue weighted by atomic mass is 19.4. The average Bonchev–Trinajstić information content (AvgIpc) is 3.44. The fourth-order valence-electron chi connectivity index (χ4n) is 3.58. The van der Waals surface area contributed by atoms with Crippen LogP contribution in [0.25, 0.3) is 0 Å². The molecule has 2 atom stereocenters. The first kappa shape index (κ1) is 22.7. The maximum Gasteiger partial charge on any atom is 0.490 e. The lowest BCUT2D eigenvalue weighted by Crippen LogP contribution is -2.46. The Bertz CT molecular complexity index is 859. The average molecular weight is 445 g/mol. The Hall–Kier alpha value is -2.93. The second kappa shape index (κ2) is 9.47. The number of nitrogens with zero attached hydrogens (tertiary/aromatic N) is 4. The Kier molecular flexibility index (Phi) is 6.95. The number of aromatic nitrogens is 4. The number of carboxylic acids is 1. The second-order valence-electron chi connectivity index (χ2n) is 7.38. The number of hydrogen-bond acceptors (Lipinski definition) is 6. The summed E-state index contributed by atoms with van der Waals surface area (Å²) in [7, 11) is 0. The SMILES string of the molecule is O=C(O)C(F)(F)F.O=C(c1ccn[nH]1)N1CCOCC2(CC(Cn3ccnc3)CO2)C1. The number of nitrogens with one attached hydrogen (secondary N) is 1. The van der Waals surface area contributed by atoms with Crippen LogP contribution in [-0.4, -0.2) is 86.3 Å². The van der Waals surface area contributed by atoms with Crippen LogP contribution in [0.4, 0.5) is 13.2 Å². The number of aliphatic carboxylic acids is 1. The summed E-state index contributed by atoms with van der Waals surface area (Å²) in [6, 6.07) is 1.69. The molecule has 2 unspecified atom stereocenters. The Morgan fingerprint density at radius 3 is 2.74 bits per heavy atom. The molecule has 0 aromatic carbocycles. The van der Waals surface area contributed by atoms with Crippen LogP contribution in [0.15, 0.2) is 31.0 Å². The Labute approximate surface area is 174 Å². The smallest absolute Gasteiger partial charge is 0.475 e. The van der Waals surface area contributed by atoms with Gasteiger partial charge in [-0.15, -0.1) is 0 Å². The Balaban J connectivity index is 0.000000339. The molecule has 1 spiro atoms. The molecule has 0 aliphatic carbocycles. The summed E-state index contributed by atoms with van der Waals surface area (Å²) >= 11 is 0. The van der Waals surface area contributed by atoms with E-state index in [9.17, 15) is 18.0 Å². The van der Waals surface area contributed by atoms with Gasteiger partial charge in [-0.2, -0.15) is 18.3 Å². The molecule has 2 fully saturated rings. The summed E-state index contributed by atoms with van der Waals surface area (Å²) in [5.41, 5.74) is 0.0808. The zero-order valence-corrected chi connectivity index (χ0v) is 16.4. The van der Waals surface area contributed by atoms with E-state index in [-0.39, 0.29) is 5.91 Å². The van der Waals surface area contributed by atoms with Crippen LogP contribution in [-0.2, 0) is 20.8 Å². The van der Waals surface area contributed by atoms with Crippen molar-refractivity contribution in [3.8, 4) is 0 Å². The number of hydrogen-bond donors (Lipinski definition) is 2. The molecule has 0 radical (unpaired) electrons. The molecular formula is C18H22F3N5O5. The Morgan fingerprint density at radius 1 is 1.35 bits per heavy atom. The first-order chi connectivity index (χ1) is 14.7. The standard InChI is InChI=1S/C16H21N5O3.C2HF3O2/c22-15(14-1-2-18-19-14)21-5-6-23-11-16(10-21)7-13(9-24-16)8-20-4-3-17-12-20;3-2(4,5)1(6)7/h1-4,12-13H,5-11H2,(H,18,19);(H,6,7). The molecule has 4 rings (SSSR count). The van der Waals surface area contributed by atoms with Crippen molar-refractivity contribution in [1.82, 2.24) is 24.6 Å². The summed E-state index contributed by atoms with van der Waals surface area (Å²) in [5.74, 6) is -2.42. The van der Waals surface area contributed by atoms with Crippen molar-refractivity contribution in [3.63, 3.8) is 0 Å². The van der Waals surface area contributed by atoms with E-state index < -0.39 is 17.7 Å². The monoisotopic (exact) mass is 445 g/mol. The zero-order chi connectivity index (χ0) is 22.5. The van der Waals surface area contributed by atoms with E-state index >= 15 is 0 Å². The molecule has 4 heterocycles. The number of H-pyrrole nitrogens is 1. The van der Waals surface area contributed by atoms with E-state index in [1.54, 1.807) is 23.4 Å². The molecule has 1 amide bonds. The summed E-state index contributed by atoms with van der Waals surface area (Å²) in [6.45, 7) is 3.71. The summed E-state index contributed by atoms with van der Waals surface area (Å²) in [6.07, 6.45) is 2.94. The predicted octanol–water partition coefficient (Wildman–Crippen LogP) is 1.19. The molecule has 31 heavy (non-hydrogen) atoms. The maximum absolute atomic E-state index is 12.6. The molecule has 2 saturated heterocycles. The van der Waals surface area contributed by atoms with Crippen LogP contribution >= 0.6 is 0 Å². The number of ether oxygens (including phenoxy) is 2. The molecular weight excluding hydrogens is 423 g/mol. The third-order valence-corrected chi connectivity index (χ3v) is 4.92. The highest BCUT2D eigenvalue weighted by Gasteiger charge is 2.44. The number of halogens is 3. The molecule has 2 aromatic heterocycles. The normalized spacial score (nSPS) is 23.8. The lowest BCUT2D eigenvalue weighted by atomic mass is 9.94.